The standard InChI is InChI=1S/C11H7ClF2N2/c12-8-4-10(14)9(13)3-7(8)6-1-2-16-5-11(6)15/h1-5H,15H2. The van der Waals surface area contributed by atoms with Gasteiger partial charge in [0.15, 0.2) is 11.6 Å². The molecule has 82 valence electrons. The molecule has 2 aromatic rings. The predicted octanol–water partition coefficient (Wildman–Crippen LogP) is 3.26. The average molecular weight is 241 g/mol. The number of nitrogens with two attached hydrogens (primary N) is 1. The summed E-state index contributed by atoms with van der Waals surface area (Å²) in [5, 5.41) is 0.108. The van der Waals surface area contributed by atoms with Crippen LogP contribution in [0.15, 0.2) is 30.6 Å². The topological polar surface area (TPSA) is 38.9 Å². The van der Waals surface area contributed by atoms with Gasteiger partial charge in [-0.05, 0) is 18.2 Å². The highest BCUT2D eigenvalue weighted by Crippen LogP contribution is 2.32. The second-order valence-corrected chi connectivity index (χ2v) is 3.62. The minimum absolute atomic E-state index is 0.108. The van der Waals surface area contributed by atoms with Crippen molar-refractivity contribution in [2.24, 2.45) is 0 Å². The first kappa shape index (κ1) is 10.8. The summed E-state index contributed by atoms with van der Waals surface area (Å²) in [7, 11) is 0. The van der Waals surface area contributed by atoms with Crippen molar-refractivity contribution in [3.05, 3.63) is 47.2 Å². The number of nitrogen functional groups attached to an aromatic ring is 1. The maximum absolute atomic E-state index is 13.1. The highest BCUT2D eigenvalue weighted by atomic mass is 35.5. The molecule has 0 spiro atoms. The number of aromatic nitrogens is 1. The molecule has 1 aromatic carbocycles. The quantitative estimate of drug-likeness (QED) is 0.777. The number of rotatable bonds is 1. The van der Waals surface area contributed by atoms with Gasteiger partial charge >= 0.3 is 0 Å². The summed E-state index contributed by atoms with van der Waals surface area (Å²) in [6.07, 6.45) is 2.93. The summed E-state index contributed by atoms with van der Waals surface area (Å²) in [4.78, 5) is 3.80. The van der Waals surface area contributed by atoms with Crippen molar-refractivity contribution in [2.75, 3.05) is 5.73 Å². The lowest BCUT2D eigenvalue weighted by Crippen LogP contribution is -1.93. The number of benzene rings is 1. The van der Waals surface area contributed by atoms with E-state index in [4.69, 9.17) is 17.3 Å². The normalized spacial score (nSPS) is 10.4. The molecule has 2 nitrogen and oxygen atoms in total. The van der Waals surface area contributed by atoms with Crippen LogP contribution in [0.1, 0.15) is 0 Å². The molecule has 0 atom stereocenters. The zero-order chi connectivity index (χ0) is 11.7. The van der Waals surface area contributed by atoms with Gasteiger partial charge in [0.2, 0.25) is 0 Å². The van der Waals surface area contributed by atoms with Gasteiger partial charge in [-0.25, -0.2) is 8.78 Å². The van der Waals surface area contributed by atoms with Crippen LogP contribution in [0.5, 0.6) is 0 Å². The molecule has 0 aliphatic heterocycles. The van der Waals surface area contributed by atoms with E-state index < -0.39 is 11.6 Å². The molecule has 0 radical (unpaired) electrons. The Morgan fingerprint density at radius 2 is 1.81 bits per heavy atom. The van der Waals surface area contributed by atoms with E-state index in [1.807, 2.05) is 0 Å². The first-order valence-electron chi connectivity index (χ1n) is 4.44. The number of hydrogen-bond donors (Lipinski definition) is 1. The third kappa shape index (κ3) is 1.84. The van der Waals surface area contributed by atoms with Gasteiger partial charge in [0.25, 0.3) is 0 Å². The Kier molecular flexibility index (Phi) is 2.75. The van der Waals surface area contributed by atoms with Crippen molar-refractivity contribution < 1.29 is 8.78 Å². The van der Waals surface area contributed by atoms with Crippen molar-refractivity contribution in [1.29, 1.82) is 0 Å². The zero-order valence-corrected chi connectivity index (χ0v) is 8.80. The fraction of sp³-hybridized carbons (Fsp3) is 0. The third-order valence-electron chi connectivity index (χ3n) is 2.15. The Morgan fingerprint density at radius 1 is 1.12 bits per heavy atom. The summed E-state index contributed by atoms with van der Waals surface area (Å²) in [5.74, 6) is -1.95. The van der Waals surface area contributed by atoms with Crippen LogP contribution in [0.25, 0.3) is 11.1 Å². The summed E-state index contributed by atoms with van der Waals surface area (Å²) in [5.41, 5.74) is 6.90. The van der Waals surface area contributed by atoms with E-state index in [9.17, 15) is 8.78 Å². The Balaban J connectivity index is 2.65. The van der Waals surface area contributed by atoms with E-state index in [1.54, 1.807) is 6.07 Å². The molecule has 16 heavy (non-hydrogen) atoms. The SMILES string of the molecule is Nc1cnccc1-c1cc(F)c(F)cc1Cl. The van der Waals surface area contributed by atoms with E-state index >= 15 is 0 Å². The van der Waals surface area contributed by atoms with Crippen LogP contribution in [-0.4, -0.2) is 4.98 Å². The number of hydrogen-bond acceptors (Lipinski definition) is 2. The zero-order valence-electron chi connectivity index (χ0n) is 8.05. The van der Waals surface area contributed by atoms with Crippen LogP contribution < -0.4 is 5.73 Å². The molecule has 0 saturated heterocycles. The molecule has 1 heterocycles. The van der Waals surface area contributed by atoms with Crippen LogP contribution in [0.2, 0.25) is 5.02 Å². The van der Waals surface area contributed by atoms with E-state index in [0.717, 1.165) is 12.1 Å². The fourth-order valence-electron chi connectivity index (χ4n) is 1.38. The molecule has 0 aliphatic carbocycles. The van der Waals surface area contributed by atoms with E-state index in [-0.39, 0.29) is 5.02 Å². The van der Waals surface area contributed by atoms with Gasteiger partial charge in [0, 0.05) is 17.3 Å². The molecule has 0 aliphatic rings. The average Bonchev–Trinajstić information content (AvgIpc) is 2.25. The molecule has 0 unspecified atom stereocenters. The molecule has 1 aromatic heterocycles. The van der Waals surface area contributed by atoms with Gasteiger partial charge in [0.05, 0.1) is 16.9 Å². The second-order valence-electron chi connectivity index (χ2n) is 3.21. The predicted molar refractivity (Wildman–Crippen MR) is 59.0 cm³/mol. The highest BCUT2D eigenvalue weighted by Gasteiger charge is 2.11. The summed E-state index contributed by atoms with van der Waals surface area (Å²) >= 11 is 5.83. The maximum Gasteiger partial charge on any atom is 0.160 e. The summed E-state index contributed by atoms with van der Waals surface area (Å²) < 4.78 is 26.0. The number of halogens is 3. The molecule has 0 bridgehead atoms. The Hall–Kier alpha value is -1.68. The number of pyridine rings is 1. The first-order chi connectivity index (χ1) is 7.59. The van der Waals surface area contributed by atoms with Crippen molar-refractivity contribution in [1.82, 2.24) is 4.98 Å². The molecule has 5 heteroatoms. The van der Waals surface area contributed by atoms with E-state index in [2.05, 4.69) is 4.98 Å². The van der Waals surface area contributed by atoms with Crippen molar-refractivity contribution in [2.45, 2.75) is 0 Å². The molecular formula is C11H7ClF2N2. The minimum atomic E-state index is -0.985. The van der Waals surface area contributed by atoms with Gasteiger partial charge < -0.3 is 5.73 Å². The van der Waals surface area contributed by atoms with Gasteiger partial charge in [0.1, 0.15) is 0 Å². The molecular weight excluding hydrogens is 234 g/mol. The second kappa shape index (κ2) is 4.06. The van der Waals surface area contributed by atoms with Crippen LogP contribution in [-0.2, 0) is 0 Å². The van der Waals surface area contributed by atoms with Gasteiger partial charge in [-0.15, -0.1) is 0 Å². The monoisotopic (exact) mass is 240 g/mol. The maximum atomic E-state index is 13.1. The molecule has 0 fully saturated rings. The van der Waals surface area contributed by atoms with Crippen molar-refractivity contribution in [3.8, 4) is 11.1 Å². The van der Waals surface area contributed by atoms with Crippen LogP contribution in [0.4, 0.5) is 14.5 Å². The van der Waals surface area contributed by atoms with Crippen LogP contribution in [0, 0.1) is 11.6 Å². The fourth-order valence-corrected chi connectivity index (χ4v) is 1.63. The Morgan fingerprint density at radius 3 is 2.50 bits per heavy atom. The third-order valence-corrected chi connectivity index (χ3v) is 2.46. The Labute approximate surface area is 95.7 Å². The van der Waals surface area contributed by atoms with Crippen molar-refractivity contribution in [3.63, 3.8) is 0 Å². The van der Waals surface area contributed by atoms with E-state index in [0.29, 0.717) is 16.8 Å². The van der Waals surface area contributed by atoms with Crippen LogP contribution in [0.3, 0.4) is 0 Å². The number of nitrogens with zero attached hydrogens (tertiary/aromatic N) is 1. The van der Waals surface area contributed by atoms with Gasteiger partial charge in [-0.1, -0.05) is 11.6 Å². The number of anilines is 1. The molecule has 0 saturated carbocycles. The smallest absolute Gasteiger partial charge is 0.160 e. The lowest BCUT2D eigenvalue weighted by atomic mass is 10.1. The van der Waals surface area contributed by atoms with Crippen molar-refractivity contribution >= 4 is 17.3 Å². The molecule has 0 amide bonds. The summed E-state index contributed by atoms with van der Waals surface area (Å²) in [6.45, 7) is 0. The summed E-state index contributed by atoms with van der Waals surface area (Å²) in [6, 6.07) is 3.53. The lowest BCUT2D eigenvalue weighted by Gasteiger charge is -2.07. The molecule has 2 rings (SSSR count). The van der Waals surface area contributed by atoms with E-state index in [1.165, 1.54) is 12.4 Å². The first-order valence-corrected chi connectivity index (χ1v) is 4.82. The van der Waals surface area contributed by atoms with Crippen LogP contribution >= 0.6 is 11.6 Å². The molecule has 2 N–H and O–H groups in total. The van der Waals surface area contributed by atoms with Gasteiger partial charge in [-0.3, -0.25) is 4.98 Å². The minimum Gasteiger partial charge on any atom is -0.397 e. The van der Waals surface area contributed by atoms with Gasteiger partial charge in [-0.2, -0.15) is 0 Å². The largest absolute Gasteiger partial charge is 0.397 e. The highest BCUT2D eigenvalue weighted by molar-refractivity contribution is 6.33. The Bertz CT molecular complexity index is 544. The lowest BCUT2D eigenvalue weighted by molar-refractivity contribution is 0.509.